The molecule has 0 atom stereocenters. The number of hydrogen-bond acceptors (Lipinski definition) is 3. The Labute approximate surface area is 114 Å². The highest BCUT2D eigenvalue weighted by atomic mass is 19.1. The molecule has 5 nitrogen and oxygen atoms in total. The van der Waals surface area contributed by atoms with Crippen molar-refractivity contribution in [2.75, 3.05) is 0 Å². The molecule has 6 heteroatoms. The van der Waals surface area contributed by atoms with Crippen molar-refractivity contribution in [2.45, 2.75) is 19.3 Å². The number of aromatic amines is 1. The third kappa shape index (κ3) is 2.45. The largest absolute Gasteiger partial charge is 0.477 e. The van der Waals surface area contributed by atoms with Crippen LogP contribution < -0.4 is 5.56 Å². The minimum absolute atomic E-state index is 0.319. The van der Waals surface area contributed by atoms with Crippen LogP contribution in [-0.2, 0) is 5.41 Å². The first-order valence-corrected chi connectivity index (χ1v) is 5.91. The lowest BCUT2D eigenvalue weighted by molar-refractivity contribution is 0.0694. The van der Waals surface area contributed by atoms with Crippen LogP contribution in [0.3, 0.4) is 0 Å². The molecule has 0 saturated heterocycles. The number of hydrogen-bond donors (Lipinski definition) is 2. The summed E-state index contributed by atoms with van der Waals surface area (Å²) in [7, 11) is 0. The standard InChI is InChI=1S/C14H13FN2O3/c1-14(2,8-3-5-9(15)6-4-8)13-16-7-10(12(19)20)11(18)17-13/h3-7H,1-2H3,(H,19,20)(H,16,17,18). The molecule has 0 amide bonds. The van der Waals surface area contributed by atoms with Crippen molar-refractivity contribution < 1.29 is 14.3 Å². The highest BCUT2D eigenvalue weighted by Crippen LogP contribution is 2.28. The number of halogens is 1. The number of nitrogens with one attached hydrogen (secondary N) is 1. The SMILES string of the molecule is CC(C)(c1ccc(F)cc1)c1ncc(C(=O)O)c(=O)[nH]1. The van der Waals surface area contributed by atoms with Crippen molar-refractivity contribution >= 4 is 5.97 Å². The van der Waals surface area contributed by atoms with E-state index in [4.69, 9.17) is 5.11 Å². The van der Waals surface area contributed by atoms with Gasteiger partial charge in [0.15, 0.2) is 0 Å². The zero-order valence-corrected chi connectivity index (χ0v) is 11.0. The highest BCUT2D eigenvalue weighted by Gasteiger charge is 2.26. The van der Waals surface area contributed by atoms with Crippen molar-refractivity contribution in [3.63, 3.8) is 0 Å². The second kappa shape index (κ2) is 4.88. The molecular formula is C14H13FN2O3. The van der Waals surface area contributed by atoms with E-state index in [1.54, 1.807) is 26.0 Å². The van der Waals surface area contributed by atoms with Gasteiger partial charge >= 0.3 is 5.97 Å². The molecule has 20 heavy (non-hydrogen) atoms. The van der Waals surface area contributed by atoms with Gasteiger partial charge in [-0.25, -0.2) is 14.2 Å². The van der Waals surface area contributed by atoms with Crippen LogP contribution in [0.5, 0.6) is 0 Å². The Bertz CT molecular complexity index is 705. The molecule has 0 unspecified atom stereocenters. The maximum Gasteiger partial charge on any atom is 0.342 e. The number of rotatable bonds is 3. The number of aromatic carboxylic acids is 1. The van der Waals surface area contributed by atoms with Gasteiger partial charge in [-0.15, -0.1) is 0 Å². The van der Waals surface area contributed by atoms with Crippen LogP contribution in [0.4, 0.5) is 4.39 Å². The summed E-state index contributed by atoms with van der Waals surface area (Å²) >= 11 is 0. The minimum Gasteiger partial charge on any atom is -0.477 e. The lowest BCUT2D eigenvalue weighted by Gasteiger charge is -2.24. The molecule has 1 aromatic carbocycles. The average molecular weight is 276 g/mol. The van der Waals surface area contributed by atoms with E-state index in [9.17, 15) is 14.0 Å². The molecule has 0 fully saturated rings. The van der Waals surface area contributed by atoms with Crippen LogP contribution in [-0.4, -0.2) is 21.0 Å². The van der Waals surface area contributed by atoms with Crippen LogP contribution in [0.25, 0.3) is 0 Å². The van der Waals surface area contributed by atoms with Crippen LogP contribution in [0.15, 0.2) is 35.3 Å². The molecule has 104 valence electrons. The Balaban J connectivity index is 2.49. The van der Waals surface area contributed by atoms with Gasteiger partial charge in [-0.1, -0.05) is 12.1 Å². The normalized spacial score (nSPS) is 11.3. The number of benzene rings is 1. The molecule has 0 aliphatic heterocycles. The number of H-pyrrole nitrogens is 1. The zero-order chi connectivity index (χ0) is 14.9. The smallest absolute Gasteiger partial charge is 0.342 e. The van der Waals surface area contributed by atoms with E-state index in [-0.39, 0.29) is 5.82 Å². The topological polar surface area (TPSA) is 83.0 Å². The van der Waals surface area contributed by atoms with E-state index in [0.29, 0.717) is 5.82 Å². The van der Waals surface area contributed by atoms with E-state index in [1.165, 1.54) is 12.1 Å². The second-order valence-corrected chi connectivity index (χ2v) is 4.91. The van der Waals surface area contributed by atoms with Crippen LogP contribution in [0.2, 0.25) is 0 Å². The summed E-state index contributed by atoms with van der Waals surface area (Å²) in [5, 5.41) is 8.81. The zero-order valence-electron chi connectivity index (χ0n) is 11.0. The summed E-state index contributed by atoms with van der Waals surface area (Å²) in [4.78, 5) is 28.9. The van der Waals surface area contributed by atoms with Crippen LogP contribution in [0.1, 0.15) is 35.6 Å². The molecule has 0 spiro atoms. The summed E-state index contributed by atoms with van der Waals surface area (Å²) in [6.45, 7) is 3.61. The molecule has 0 aliphatic rings. The first kappa shape index (κ1) is 13.9. The highest BCUT2D eigenvalue weighted by molar-refractivity contribution is 5.86. The quantitative estimate of drug-likeness (QED) is 0.897. The van der Waals surface area contributed by atoms with Crippen LogP contribution in [0, 0.1) is 5.82 Å². The number of aromatic nitrogens is 2. The Morgan fingerprint density at radius 2 is 1.90 bits per heavy atom. The Morgan fingerprint density at radius 3 is 2.40 bits per heavy atom. The fraction of sp³-hybridized carbons (Fsp3) is 0.214. The van der Waals surface area contributed by atoms with Gasteiger partial charge in [-0.3, -0.25) is 4.79 Å². The van der Waals surface area contributed by atoms with Crippen molar-refractivity contribution in [1.29, 1.82) is 0 Å². The molecule has 1 heterocycles. The number of carboxylic acid groups (broad SMARTS) is 1. The lowest BCUT2D eigenvalue weighted by atomic mass is 9.83. The Kier molecular flexibility index (Phi) is 3.40. The Morgan fingerprint density at radius 1 is 1.30 bits per heavy atom. The molecule has 2 aromatic rings. The van der Waals surface area contributed by atoms with E-state index < -0.39 is 22.5 Å². The monoisotopic (exact) mass is 276 g/mol. The van der Waals surface area contributed by atoms with Crippen molar-refractivity contribution in [2.24, 2.45) is 0 Å². The Hall–Kier alpha value is -2.50. The fourth-order valence-electron chi connectivity index (χ4n) is 1.87. The first-order chi connectivity index (χ1) is 9.32. The average Bonchev–Trinajstić information content (AvgIpc) is 2.38. The van der Waals surface area contributed by atoms with Crippen molar-refractivity contribution in [3.8, 4) is 0 Å². The maximum absolute atomic E-state index is 12.9. The number of carboxylic acids is 1. The van der Waals surface area contributed by atoms with Crippen LogP contribution >= 0.6 is 0 Å². The molecule has 0 bridgehead atoms. The van der Waals surface area contributed by atoms with E-state index in [0.717, 1.165) is 11.8 Å². The summed E-state index contributed by atoms with van der Waals surface area (Å²) in [5.74, 6) is -1.36. The molecule has 2 N–H and O–H groups in total. The van der Waals surface area contributed by atoms with Gasteiger partial charge in [0.1, 0.15) is 17.2 Å². The number of carbonyl (C=O) groups is 1. The summed E-state index contributed by atoms with van der Waals surface area (Å²) in [5.41, 5.74) is -1.05. The van der Waals surface area contributed by atoms with Gasteiger partial charge < -0.3 is 10.1 Å². The van der Waals surface area contributed by atoms with Crippen molar-refractivity contribution in [3.05, 3.63) is 63.6 Å². The fourth-order valence-corrected chi connectivity index (χ4v) is 1.87. The molecule has 0 aliphatic carbocycles. The predicted molar refractivity (Wildman–Crippen MR) is 70.3 cm³/mol. The third-order valence-electron chi connectivity index (χ3n) is 3.19. The van der Waals surface area contributed by atoms with Gasteiger partial charge in [-0.2, -0.15) is 0 Å². The molecule has 2 rings (SSSR count). The van der Waals surface area contributed by atoms with Gasteiger partial charge in [0.2, 0.25) is 0 Å². The first-order valence-electron chi connectivity index (χ1n) is 5.91. The molecule has 1 aromatic heterocycles. The summed E-state index contributed by atoms with van der Waals surface area (Å²) in [6.07, 6.45) is 1.03. The summed E-state index contributed by atoms with van der Waals surface area (Å²) < 4.78 is 12.9. The molecule has 0 radical (unpaired) electrons. The minimum atomic E-state index is -1.33. The maximum atomic E-state index is 12.9. The molecule has 0 saturated carbocycles. The van der Waals surface area contributed by atoms with Gasteiger partial charge in [0.05, 0.1) is 0 Å². The van der Waals surface area contributed by atoms with E-state index in [2.05, 4.69) is 9.97 Å². The van der Waals surface area contributed by atoms with E-state index >= 15 is 0 Å². The van der Waals surface area contributed by atoms with E-state index in [1.807, 2.05) is 0 Å². The van der Waals surface area contributed by atoms with Crippen molar-refractivity contribution in [1.82, 2.24) is 9.97 Å². The molecular weight excluding hydrogens is 263 g/mol. The lowest BCUT2D eigenvalue weighted by Crippen LogP contribution is -2.28. The second-order valence-electron chi connectivity index (χ2n) is 4.91. The predicted octanol–water partition coefficient (Wildman–Crippen LogP) is 1.93. The van der Waals surface area contributed by atoms with Gasteiger partial charge in [-0.05, 0) is 31.5 Å². The number of nitrogens with zero attached hydrogens (tertiary/aromatic N) is 1. The summed E-state index contributed by atoms with van der Waals surface area (Å²) in [6, 6.07) is 5.84. The van der Waals surface area contributed by atoms with Gasteiger partial charge in [0.25, 0.3) is 5.56 Å². The van der Waals surface area contributed by atoms with Gasteiger partial charge in [0, 0.05) is 11.6 Å². The third-order valence-corrected chi connectivity index (χ3v) is 3.19.